The van der Waals surface area contributed by atoms with E-state index in [4.69, 9.17) is 4.74 Å². The molecule has 3 rings (SSSR count). The predicted octanol–water partition coefficient (Wildman–Crippen LogP) is 3.51. The quantitative estimate of drug-likeness (QED) is 0.834. The highest BCUT2D eigenvalue weighted by Gasteiger charge is 2.25. The van der Waals surface area contributed by atoms with E-state index in [9.17, 15) is 4.79 Å². The molecule has 2 aromatic carbocycles. The van der Waals surface area contributed by atoms with Gasteiger partial charge in [-0.1, -0.05) is 12.1 Å². The van der Waals surface area contributed by atoms with Crippen LogP contribution >= 0.6 is 0 Å². The zero-order chi connectivity index (χ0) is 18.4. The molecule has 0 spiro atoms. The number of carbonyl (C=O) groups is 1. The lowest BCUT2D eigenvalue weighted by Crippen LogP contribution is -2.42. The highest BCUT2D eigenvalue weighted by atomic mass is 16.5. The van der Waals surface area contributed by atoms with E-state index in [0.717, 1.165) is 43.2 Å². The summed E-state index contributed by atoms with van der Waals surface area (Å²) in [5.74, 6) is 1.44. The van der Waals surface area contributed by atoms with Crippen molar-refractivity contribution in [2.75, 3.05) is 39.1 Å². The Balaban J connectivity index is 1.76. The Kier molecular flexibility index (Phi) is 6.12. The Labute approximate surface area is 155 Å². The highest BCUT2D eigenvalue weighted by molar-refractivity contribution is 6.00. The van der Waals surface area contributed by atoms with Gasteiger partial charge in [0.1, 0.15) is 5.75 Å². The molecule has 1 atom stereocenters. The van der Waals surface area contributed by atoms with Crippen molar-refractivity contribution in [3.63, 3.8) is 0 Å². The molecule has 1 unspecified atom stereocenters. The van der Waals surface area contributed by atoms with Gasteiger partial charge in [-0.25, -0.2) is 0 Å². The minimum Gasteiger partial charge on any atom is -0.497 e. The number of benzene rings is 2. The van der Waals surface area contributed by atoms with Crippen molar-refractivity contribution in [1.82, 2.24) is 10.2 Å². The van der Waals surface area contributed by atoms with Crippen molar-refractivity contribution >= 4 is 17.3 Å². The third-order valence-corrected chi connectivity index (χ3v) is 4.83. The van der Waals surface area contributed by atoms with Gasteiger partial charge in [-0.15, -0.1) is 0 Å². The number of methoxy groups -OCH3 is 1. The molecule has 1 aliphatic rings. The van der Waals surface area contributed by atoms with Crippen LogP contribution in [0.15, 0.2) is 48.5 Å². The van der Waals surface area contributed by atoms with Gasteiger partial charge in [0.2, 0.25) is 0 Å². The third kappa shape index (κ3) is 4.35. The van der Waals surface area contributed by atoms with Crippen LogP contribution in [-0.4, -0.2) is 44.6 Å². The molecule has 1 aliphatic heterocycles. The van der Waals surface area contributed by atoms with Crippen LogP contribution in [0.1, 0.15) is 23.2 Å². The van der Waals surface area contributed by atoms with E-state index in [0.29, 0.717) is 11.5 Å². The lowest BCUT2D eigenvalue weighted by atomic mass is 9.97. The average molecular weight is 353 g/mol. The second-order valence-corrected chi connectivity index (χ2v) is 6.72. The van der Waals surface area contributed by atoms with Crippen LogP contribution in [0.2, 0.25) is 0 Å². The number of hydrogen-bond donors (Lipinski definition) is 2. The molecule has 26 heavy (non-hydrogen) atoms. The van der Waals surface area contributed by atoms with Crippen LogP contribution < -0.4 is 15.4 Å². The zero-order valence-electron chi connectivity index (χ0n) is 15.5. The number of likely N-dealkylation sites (tertiary alicyclic amines) is 1. The molecule has 1 amide bonds. The molecule has 1 saturated heterocycles. The standard InChI is InChI=1S/C21H27N3O2/c1-22-14-16-6-5-13-24(15-16)21(25)19-7-3-4-8-20(19)23-17-9-11-18(26-2)12-10-17/h3-4,7-12,16,22-23H,5-6,13-15H2,1-2H3. The monoisotopic (exact) mass is 353 g/mol. The molecule has 1 heterocycles. The fraction of sp³-hybridized carbons (Fsp3) is 0.381. The van der Waals surface area contributed by atoms with E-state index >= 15 is 0 Å². The first-order valence-electron chi connectivity index (χ1n) is 9.15. The number of para-hydroxylation sites is 1. The van der Waals surface area contributed by atoms with Crippen molar-refractivity contribution in [3.8, 4) is 5.75 Å². The van der Waals surface area contributed by atoms with Crippen molar-refractivity contribution in [1.29, 1.82) is 0 Å². The van der Waals surface area contributed by atoms with Crippen LogP contribution in [-0.2, 0) is 0 Å². The summed E-state index contributed by atoms with van der Waals surface area (Å²) in [7, 11) is 3.62. The SMILES string of the molecule is CNCC1CCCN(C(=O)c2ccccc2Nc2ccc(OC)cc2)C1. The summed E-state index contributed by atoms with van der Waals surface area (Å²) >= 11 is 0. The van der Waals surface area contributed by atoms with Gasteiger partial charge in [-0.05, 0) is 68.8 Å². The molecule has 5 nitrogen and oxygen atoms in total. The van der Waals surface area contributed by atoms with Crippen molar-refractivity contribution in [3.05, 3.63) is 54.1 Å². The maximum atomic E-state index is 13.1. The Morgan fingerprint density at radius 2 is 1.96 bits per heavy atom. The van der Waals surface area contributed by atoms with Crippen LogP contribution in [0.3, 0.4) is 0 Å². The second-order valence-electron chi connectivity index (χ2n) is 6.72. The molecule has 2 N–H and O–H groups in total. The van der Waals surface area contributed by atoms with Gasteiger partial charge in [0.15, 0.2) is 0 Å². The van der Waals surface area contributed by atoms with Crippen molar-refractivity contribution in [2.45, 2.75) is 12.8 Å². The molecule has 2 aromatic rings. The smallest absolute Gasteiger partial charge is 0.255 e. The van der Waals surface area contributed by atoms with Gasteiger partial charge < -0.3 is 20.3 Å². The Bertz CT molecular complexity index is 728. The van der Waals surface area contributed by atoms with E-state index in [1.165, 1.54) is 6.42 Å². The second kappa shape index (κ2) is 8.72. The fourth-order valence-corrected chi connectivity index (χ4v) is 3.48. The number of ether oxygens (including phenoxy) is 1. The zero-order valence-corrected chi connectivity index (χ0v) is 15.5. The molecule has 0 aliphatic carbocycles. The minimum absolute atomic E-state index is 0.0995. The number of carbonyl (C=O) groups excluding carboxylic acids is 1. The summed E-state index contributed by atoms with van der Waals surface area (Å²) in [6.45, 7) is 2.60. The number of anilines is 2. The Hall–Kier alpha value is -2.53. The van der Waals surface area contributed by atoms with Crippen LogP contribution in [0.5, 0.6) is 5.75 Å². The van der Waals surface area contributed by atoms with E-state index in [2.05, 4.69) is 10.6 Å². The fourth-order valence-electron chi connectivity index (χ4n) is 3.48. The highest BCUT2D eigenvalue weighted by Crippen LogP contribution is 2.25. The summed E-state index contributed by atoms with van der Waals surface area (Å²) in [5.41, 5.74) is 2.48. The normalized spacial score (nSPS) is 17.0. The van der Waals surface area contributed by atoms with Gasteiger partial charge >= 0.3 is 0 Å². The van der Waals surface area contributed by atoms with Gasteiger partial charge in [-0.2, -0.15) is 0 Å². The molecular formula is C21H27N3O2. The minimum atomic E-state index is 0.0995. The van der Waals surface area contributed by atoms with Crippen LogP contribution in [0.4, 0.5) is 11.4 Å². The Morgan fingerprint density at radius 3 is 2.69 bits per heavy atom. The molecule has 0 bridgehead atoms. The van der Waals surface area contributed by atoms with Crippen molar-refractivity contribution in [2.24, 2.45) is 5.92 Å². The largest absolute Gasteiger partial charge is 0.497 e. The molecule has 138 valence electrons. The molecule has 5 heteroatoms. The lowest BCUT2D eigenvalue weighted by Gasteiger charge is -2.33. The topological polar surface area (TPSA) is 53.6 Å². The molecule has 1 fully saturated rings. The number of rotatable bonds is 6. The number of hydrogen-bond acceptors (Lipinski definition) is 4. The van der Waals surface area contributed by atoms with E-state index in [1.807, 2.05) is 60.5 Å². The predicted molar refractivity (Wildman–Crippen MR) is 105 cm³/mol. The van der Waals surface area contributed by atoms with Gasteiger partial charge in [-0.3, -0.25) is 4.79 Å². The van der Waals surface area contributed by atoms with Crippen LogP contribution in [0, 0.1) is 5.92 Å². The summed E-state index contributed by atoms with van der Waals surface area (Å²) in [6.07, 6.45) is 2.24. The maximum Gasteiger partial charge on any atom is 0.255 e. The van der Waals surface area contributed by atoms with E-state index in [-0.39, 0.29) is 5.91 Å². The van der Waals surface area contributed by atoms with Crippen molar-refractivity contribution < 1.29 is 9.53 Å². The summed E-state index contributed by atoms with van der Waals surface area (Å²) < 4.78 is 5.20. The van der Waals surface area contributed by atoms with Crippen LogP contribution in [0.25, 0.3) is 0 Å². The number of piperidine rings is 1. The molecule has 0 saturated carbocycles. The summed E-state index contributed by atoms with van der Waals surface area (Å²) in [5, 5.41) is 6.59. The molecule has 0 aromatic heterocycles. The lowest BCUT2D eigenvalue weighted by molar-refractivity contribution is 0.0675. The van der Waals surface area contributed by atoms with Gasteiger partial charge in [0.05, 0.1) is 18.4 Å². The number of nitrogens with zero attached hydrogens (tertiary/aromatic N) is 1. The number of amides is 1. The van der Waals surface area contributed by atoms with E-state index < -0.39 is 0 Å². The maximum absolute atomic E-state index is 13.1. The summed E-state index contributed by atoms with van der Waals surface area (Å²) in [6, 6.07) is 15.4. The number of nitrogens with one attached hydrogen (secondary N) is 2. The van der Waals surface area contributed by atoms with Gasteiger partial charge in [0.25, 0.3) is 5.91 Å². The Morgan fingerprint density at radius 1 is 1.19 bits per heavy atom. The first kappa shape index (κ1) is 18.3. The summed E-state index contributed by atoms with van der Waals surface area (Å²) in [4.78, 5) is 15.1. The average Bonchev–Trinajstić information content (AvgIpc) is 2.69. The van der Waals surface area contributed by atoms with Gasteiger partial charge in [0, 0.05) is 18.8 Å². The van der Waals surface area contributed by atoms with E-state index in [1.54, 1.807) is 7.11 Å². The first-order valence-corrected chi connectivity index (χ1v) is 9.15. The first-order chi connectivity index (χ1) is 12.7. The molecule has 0 radical (unpaired) electrons. The third-order valence-electron chi connectivity index (χ3n) is 4.83. The molecular weight excluding hydrogens is 326 g/mol.